The zero-order valence-electron chi connectivity index (χ0n) is 12.7. The summed E-state index contributed by atoms with van der Waals surface area (Å²) in [5, 5.41) is 2.83. The number of benzene rings is 1. The lowest BCUT2D eigenvalue weighted by Crippen LogP contribution is -2.37. The summed E-state index contributed by atoms with van der Waals surface area (Å²) in [5.41, 5.74) is 8.54. The van der Waals surface area contributed by atoms with Crippen molar-refractivity contribution < 1.29 is 9.59 Å². The maximum atomic E-state index is 11.6. The van der Waals surface area contributed by atoms with E-state index in [9.17, 15) is 9.59 Å². The first-order valence-corrected chi connectivity index (χ1v) is 7.48. The van der Waals surface area contributed by atoms with Crippen LogP contribution in [0.1, 0.15) is 48.2 Å². The van der Waals surface area contributed by atoms with Gasteiger partial charge in [0.1, 0.15) is 0 Å². The van der Waals surface area contributed by atoms with E-state index in [-0.39, 0.29) is 11.8 Å². The van der Waals surface area contributed by atoms with E-state index < -0.39 is 0 Å². The van der Waals surface area contributed by atoms with Crippen LogP contribution < -0.4 is 16.2 Å². The van der Waals surface area contributed by atoms with Crippen LogP contribution in [0.25, 0.3) is 0 Å². The molecule has 5 nitrogen and oxygen atoms in total. The number of hydrogen-bond acceptors (Lipinski definition) is 3. The molecule has 0 saturated heterocycles. The molecule has 1 aliphatic heterocycles. The summed E-state index contributed by atoms with van der Waals surface area (Å²) < 4.78 is 0. The normalized spacial score (nSPS) is 13.8. The van der Waals surface area contributed by atoms with Gasteiger partial charge in [-0.25, -0.2) is 5.43 Å². The molecule has 0 unspecified atom stereocenters. The van der Waals surface area contributed by atoms with E-state index >= 15 is 0 Å². The Morgan fingerprint density at radius 1 is 1.38 bits per heavy atom. The van der Waals surface area contributed by atoms with Crippen LogP contribution in [0.4, 0.5) is 0 Å². The molecule has 0 radical (unpaired) electrons. The zero-order chi connectivity index (χ0) is 15.2. The van der Waals surface area contributed by atoms with Crippen molar-refractivity contribution in [2.75, 3.05) is 6.54 Å². The molecule has 1 aromatic carbocycles. The lowest BCUT2D eigenvalue weighted by atomic mass is 9.98. The Bertz CT molecular complexity index is 526. The van der Waals surface area contributed by atoms with Gasteiger partial charge in [-0.15, -0.1) is 0 Å². The fourth-order valence-corrected chi connectivity index (χ4v) is 2.32. The fraction of sp³-hybridized carbons (Fsp3) is 0.500. The molecule has 0 atom stereocenters. The van der Waals surface area contributed by atoms with Gasteiger partial charge in [0.05, 0.1) is 0 Å². The average Bonchev–Trinajstić information content (AvgIpc) is 2.45. The Morgan fingerprint density at radius 3 is 2.95 bits per heavy atom. The molecule has 0 bridgehead atoms. The Balaban J connectivity index is 1.81. The van der Waals surface area contributed by atoms with Crippen molar-refractivity contribution in [2.24, 2.45) is 5.92 Å². The number of rotatable bonds is 6. The number of nitrogens with one attached hydrogen (secondary N) is 3. The van der Waals surface area contributed by atoms with Gasteiger partial charge in [0.25, 0.3) is 5.91 Å². The predicted octanol–water partition coefficient (Wildman–Crippen LogP) is 1.53. The van der Waals surface area contributed by atoms with Gasteiger partial charge < -0.3 is 5.32 Å². The molecule has 0 spiro atoms. The average molecular weight is 289 g/mol. The first-order valence-electron chi connectivity index (χ1n) is 7.48. The summed E-state index contributed by atoms with van der Waals surface area (Å²) in [4.78, 5) is 23.2. The molecule has 1 heterocycles. The molecule has 2 rings (SSSR count). The summed E-state index contributed by atoms with van der Waals surface area (Å²) in [5.74, 6) is 0.543. The number of carbonyl (C=O) groups excluding carboxylic acids is 2. The van der Waals surface area contributed by atoms with Gasteiger partial charge in [0, 0.05) is 25.1 Å². The Labute approximate surface area is 125 Å². The minimum atomic E-state index is -0.00209. The van der Waals surface area contributed by atoms with Gasteiger partial charge in [-0.1, -0.05) is 26.0 Å². The molecule has 0 aromatic heterocycles. The first kappa shape index (κ1) is 15.5. The third-order valence-corrected chi connectivity index (χ3v) is 3.56. The minimum Gasteiger partial charge on any atom is -0.352 e. The molecule has 2 amide bonds. The maximum Gasteiger partial charge on any atom is 0.251 e. The van der Waals surface area contributed by atoms with Gasteiger partial charge in [0.15, 0.2) is 0 Å². The van der Waals surface area contributed by atoms with Crippen molar-refractivity contribution in [1.29, 1.82) is 0 Å². The zero-order valence-corrected chi connectivity index (χ0v) is 12.7. The minimum absolute atomic E-state index is 0.00209. The SMILES string of the molecule is CC(C)CCC(=O)NNCc1ccc2c(c1)CCNC2=O. The number of carbonyl (C=O) groups is 2. The van der Waals surface area contributed by atoms with Crippen LogP contribution in [0.5, 0.6) is 0 Å². The maximum absolute atomic E-state index is 11.6. The van der Waals surface area contributed by atoms with E-state index in [1.54, 1.807) is 0 Å². The van der Waals surface area contributed by atoms with Gasteiger partial charge in [-0.3, -0.25) is 15.0 Å². The van der Waals surface area contributed by atoms with Crippen LogP contribution in [0.2, 0.25) is 0 Å². The highest BCUT2D eigenvalue weighted by atomic mass is 16.2. The Hall–Kier alpha value is -1.88. The lowest BCUT2D eigenvalue weighted by Gasteiger charge is -2.17. The monoisotopic (exact) mass is 289 g/mol. The van der Waals surface area contributed by atoms with Crippen LogP contribution >= 0.6 is 0 Å². The first-order chi connectivity index (χ1) is 10.1. The summed E-state index contributed by atoms with van der Waals surface area (Å²) in [6.45, 7) is 5.45. The molecule has 3 N–H and O–H groups in total. The third kappa shape index (κ3) is 4.56. The topological polar surface area (TPSA) is 70.2 Å². The van der Waals surface area contributed by atoms with Crippen molar-refractivity contribution in [2.45, 2.75) is 39.7 Å². The van der Waals surface area contributed by atoms with Gasteiger partial charge in [0.2, 0.25) is 5.91 Å². The Morgan fingerprint density at radius 2 is 2.19 bits per heavy atom. The van der Waals surface area contributed by atoms with E-state index in [0.29, 0.717) is 25.4 Å². The highest BCUT2D eigenvalue weighted by Gasteiger charge is 2.16. The smallest absolute Gasteiger partial charge is 0.251 e. The van der Waals surface area contributed by atoms with Crippen LogP contribution in [-0.4, -0.2) is 18.4 Å². The number of amides is 2. The molecule has 21 heavy (non-hydrogen) atoms. The van der Waals surface area contributed by atoms with E-state index in [0.717, 1.165) is 29.5 Å². The number of hydrazine groups is 1. The van der Waals surface area contributed by atoms with Crippen molar-refractivity contribution >= 4 is 11.8 Å². The van der Waals surface area contributed by atoms with E-state index in [1.807, 2.05) is 18.2 Å². The number of fused-ring (bicyclic) bond motifs is 1. The summed E-state index contributed by atoms with van der Waals surface area (Å²) >= 11 is 0. The highest BCUT2D eigenvalue weighted by Crippen LogP contribution is 2.15. The van der Waals surface area contributed by atoms with Gasteiger partial charge in [-0.2, -0.15) is 0 Å². The number of hydrogen-bond donors (Lipinski definition) is 3. The third-order valence-electron chi connectivity index (χ3n) is 3.56. The largest absolute Gasteiger partial charge is 0.352 e. The van der Waals surface area contributed by atoms with Crippen molar-refractivity contribution in [3.63, 3.8) is 0 Å². The summed E-state index contributed by atoms with van der Waals surface area (Å²) in [7, 11) is 0. The second kappa shape index (κ2) is 7.22. The van der Waals surface area contributed by atoms with Crippen molar-refractivity contribution in [3.8, 4) is 0 Å². The quantitative estimate of drug-likeness (QED) is 0.696. The molecule has 0 fully saturated rings. The molecule has 1 aliphatic rings. The van der Waals surface area contributed by atoms with Crippen LogP contribution in [-0.2, 0) is 17.8 Å². The summed E-state index contributed by atoms with van der Waals surface area (Å²) in [6.07, 6.45) is 2.28. The van der Waals surface area contributed by atoms with Crippen LogP contribution in [0.3, 0.4) is 0 Å². The molecular formula is C16H23N3O2. The molecular weight excluding hydrogens is 266 g/mol. The predicted molar refractivity (Wildman–Crippen MR) is 81.5 cm³/mol. The van der Waals surface area contributed by atoms with E-state index in [2.05, 4.69) is 30.0 Å². The summed E-state index contributed by atoms with van der Waals surface area (Å²) in [6, 6.07) is 5.79. The fourth-order valence-electron chi connectivity index (χ4n) is 2.32. The molecule has 5 heteroatoms. The lowest BCUT2D eigenvalue weighted by molar-refractivity contribution is -0.122. The van der Waals surface area contributed by atoms with Crippen LogP contribution in [0.15, 0.2) is 18.2 Å². The highest BCUT2D eigenvalue weighted by molar-refractivity contribution is 5.96. The van der Waals surface area contributed by atoms with Crippen molar-refractivity contribution in [3.05, 3.63) is 34.9 Å². The molecule has 1 aromatic rings. The molecule has 0 aliphatic carbocycles. The van der Waals surface area contributed by atoms with Crippen LogP contribution in [0, 0.1) is 5.92 Å². The second-order valence-corrected chi connectivity index (χ2v) is 5.83. The van der Waals surface area contributed by atoms with E-state index in [1.165, 1.54) is 0 Å². The van der Waals surface area contributed by atoms with Gasteiger partial charge in [-0.05, 0) is 36.0 Å². The molecule has 114 valence electrons. The molecule has 0 saturated carbocycles. The van der Waals surface area contributed by atoms with Crippen molar-refractivity contribution in [1.82, 2.24) is 16.2 Å². The second-order valence-electron chi connectivity index (χ2n) is 5.83. The standard InChI is InChI=1S/C16H23N3O2/c1-11(2)3-6-15(20)19-18-10-12-4-5-14-13(9-12)7-8-17-16(14)21/h4-5,9,11,18H,3,6-8,10H2,1-2H3,(H,17,21)(H,19,20). The van der Waals surface area contributed by atoms with E-state index in [4.69, 9.17) is 0 Å². The van der Waals surface area contributed by atoms with Gasteiger partial charge >= 0.3 is 0 Å². The Kier molecular flexibility index (Phi) is 5.33.